The minimum atomic E-state index is 0.245. The van der Waals surface area contributed by atoms with Gasteiger partial charge in [-0.25, -0.2) is 5.01 Å². The molecule has 0 unspecified atom stereocenters. The fourth-order valence-corrected chi connectivity index (χ4v) is 5.49. The van der Waals surface area contributed by atoms with Crippen molar-refractivity contribution in [3.8, 4) is 0 Å². The van der Waals surface area contributed by atoms with Crippen LogP contribution in [0, 0.1) is 11.3 Å². The van der Waals surface area contributed by atoms with Gasteiger partial charge in [-0.05, 0) is 74.0 Å². The van der Waals surface area contributed by atoms with E-state index < -0.39 is 0 Å². The van der Waals surface area contributed by atoms with Crippen LogP contribution >= 0.6 is 0 Å². The Labute approximate surface area is 161 Å². The van der Waals surface area contributed by atoms with Gasteiger partial charge in [0.2, 0.25) is 5.91 Å². The Balaban J connectivity index is 1.22. The zero-order chi connectivity index (χ0) is 18.3. The maximum Gasteiger partial charge on any atom is 0.237 e. The molecule has 2 aromatic rings. The van der Waals surface area contributed by atoms with Gasteiger partial charge in [0, 0.05) is 30.6 Å². The fourth-order valence-electron chi connectivity index (χ4n) is 5.49. The molecule has 1 aliphatic heterocycles. The van der Waals surface area contributed by atoms with Crippen molar-refractivity contribution in [3.63, 3.8) is 0 Å². The monoisotopic (exact) mass is 363 g/mol. The van der Waals surface area contributed by atoms with Gasteiger partial charge < -0.3 is 0 Å². The number of hydrogen-bond acceptors (Lipinski definition) is 3. The number of piperidine rings is 1. The van der Waals surface area contributed by atoms with E-state index >= 15 is 0 Å². The van der Waals surface area contributed by atoms with Crippen LogP contribution in [0.15, 0.2) is 36.5 Å². The first-order valence-electron chi connectivity index (χ1n) is 10.6. The molecule has 1 N–H and O–H groups in total. The number of pyridine rings is 1. The highest BCUT2D eigenvalue weighted by atomic mass is 16.2. The van der Waals surface area contributed by atoms with Gasteiger partial charge in [0.05, 0.1) is 5.52 Å². The van der Waals surface area contributed by atoms with Crippen LogP contribution in [0.5, 0.6) is 0 Å². The van der Waals surface area contributed by atoms with E-state index in [4.69, 9.17) is 0 Å². The van der Waals surface area contributed by atoms with Crippen LogP contribution in [-0.2, 0) is 4.79 Å². The lowest BCUT2D eigenvalue weighted by atomic mass is 9.75. The molecule has 0 radical (unpaired) electrons. The Morgan fingerprint density at radius 1 is 1.07 bits per heavy atom. The first-order valence-corrected chi connectivity index (χ1v) is 10.6. The topological polar surface area (TPSA) is 45.2 Å². The van der Waals surface area contributed by atoms with Gasteiger partial charge in [-0.3, -0.25) is 15.2 Å². The predicted molar refractivity (Wildman–Crippen MR) is 107 cm³/mol. The highest BCUT2D eigenvalue weighted by Gasteiger charge is 2.58. The number of para-hydroxylation sites is 1. The summed E-state index contributed by atoms with van der Waals surface area (Å²) in [4.78, 5) is 17.2. The third kappa shape index (κ3) is 3.25. The van der Waals surface area contributed by atoms with Gasteiger partial charge in [-0.1, -0.05) is 24.6 Å². The van der Waals surface area contributed by atoms with Crippen molar-refractivity contribution in [2.24, 2.45) is 11.3 Å². The second-order valence-corrected chi connectivity index (χ2v) is 8.83. The van der Waals surface area contributed by atoms with E-state index in [1.807, 2.05) is 6.20 Å². The minimum Gasteiger partial charge on any atom is -0.289 e. The zero-order valence-electron chi connectivity index (χ0n) is 16.0. The second kappa shape index (κ2) is 6.90. The maximum atomic E-state index is 12.7. The van der Waals surface area contributed by atoms with Crippen molar-refractivity contribution in [2.45, 2.75) is 57.3 Å². The van der Waals surface area contributed by atoms with Crippen LogP contribution in [0.25, 0.3) is 10.9 Å². The largest absolute Gasteiger partial charge is 0.289 e. The molecule has 142 valence electrons. The smallest absolute Gasteiger partial charge is 0.237 e. The summed E-state index contributed by atoms with van der Waals surface area (Å²) < 4.78 is 0. The molecular weight excluding hydrogens is 334 g/mol. The summed E-state index contributed by atoms with van der Waals surface area (Å²) in [5.41, 5.74) is 6.04. The molecule has 3 aliphatic rings. The number of nitrogens with zero attached hydrogens (tertiary/aromatic N) is 2. The van der Waals surface area contributed by atoms with Crippen LogP contribution in [0.1, 0.15) is 62.8 Å². The lowest BCUT2D eigenvalue weighted by Crippen LogP contribution is -2.46. The second-order valence-electron chi connectivity index (χ2n) is 8.83. The summed E-state index contributed by atoms with van der Waals surface area (Å²) in [5.74, 6) is 1.13. The van der Waals surface area contributed by atoms with Crippen molar-refractivity contribution in [1.29, 1.82) is 0 Å². The minimum absolute atomic E-state index is 0.245. The average molecular weight is 364 g/mol. The van der Waals surface area contributed by atoms with Gasteiger partial charge in [0.25, 0.3) is 0 Å². The Kier molecular flexibility index (Phi) is 4.39. The number of benzene rings is 1. The molecule has 1 aromatic carbocycles. The van der Waals surface area contributed by atoms with E-state index in [1.54, 1.807) is 0 Å². The average Bonchev–Trinajstić information content (AvgIpc) is 3.42. The highest BCUT2D eigenvalue weighted by molar-refractivity contribution is 5.83. The predicted octanol–water partition coefficient (Wildman–Crippen LogP) is 4.42. The molecule has 2 saturated carbocycles. The van der Waals surface area contributed by atoms with E-state index in [0.717, 1.165) is 25.0 Å². The van der Waals surface area contributed by atoms with Crippen LogP contribution in [0.4, 0.5) is 0 Å². The SMILES string of the molecule is O=C(NN1CCCCC1)[C@H]1CC12CCC(c1ccnc3ccccc13)CC2. The first kappa shape index (κ1) is 17.2. The van der Waals surface area contributed by atoms with E-state index in [9.17, 15) is 4.79 Å². The lowest BCUT2D eigenvalue weighted by Gasteiger charge is -2.31. The number of hydrazine groups is 1. The van der Waals surface area contributed by atoms with Gasteiger partial charge in [0.1, 0.15) is 0 Å². The van der Waals surface area contributed by atoms with Crippen molar-refractivity contribution >= 4 is 16.8 Å². The zero-order valence-corrected chi connectivity index (χ0v) is 16.0. The summed E-state index contributed by atoms with van der Waals surface area (Å²) in [6.07, 6.45) is 11.5. The number of carbonyl (C=O) groups is 1. The molecule has 27 heavy (non-hydrogen) atoms. The van der Waals surface area contributed by atoms with Crippen LogP contribution < -0.4 is 5.43 Å². The maximum absolute atomic E-state index is 12.7. The van der Waals surface area contributed by atoms with Crippen molar-refractivity contribution in [1.82, 2.24) is 15.4 Å². The molecule has 1 spiro atoms. The van der Waals surface area contributed by atoms with E-state index in [-0.39, 0.29) is 11.8 Å². The summed E-state index contributed by atoms with van der Waals surface area (Å²) >= 11 is 0. The lowest BCUT2D eigenvalue weighted by molar-refractivity contribution is -0.128. The summed E-state index contributed by atoms with van der Waals surface area (Å²) in [5, 5.41) is 3.45. The van der Waals surface area contributed by atoms with Gasteiger partial charge in [-0.2, -0.15) is 0 Å². The molecule has 4 nitrogen and oxygen atoms in total. The summed E-state index contributed by atoms with van der Waals surface area (Å²) in [6.45, 7) is 2.03. The Bertz CT molecular complexity index is 829. The van der Waals surface area contributed by atoms with Gasteiger partial charge in [-0.15, -0.1) is 0 Å². The van der Waals surface area contributed by atoms with E-state index in [0.29, 0.717) is 11.3 Å². The molecule has 2 heterocycles. The van der Waals surface area contributed by atoms with Crippen molar-refractivity contribution in [2.75, 3.05) is 13.1 Å². The quantitative estimate of drug-likeness (QED) is 0.878. The Morgan fingerprint density at radius 3 is 2.67 bits per heavy atom. The molecule has 5 rings (SSSR count). The van der Waals surface area contributed by atoms with Crippen LogP contribution in [-0.4, -0.2) is 29.0 Å². The van der Waals surface area contributed by atoms with Crippen LogP contribution in [0.2, 0.25) is 0 Å². The molecule has 0 bridgehead atoms. The van der Waals surface area contributed by atoms with Gasteiger partial charge in [0.15, 0.2) is 0 Å². The highest BCUT2D eigenvalue weighted by Crippen LogP contribution is 2.63. The molecule has 1 amide bonds. The number of aromatic nitrogens is 1. The number of nitrogens with one attached hydrogen (secondary N) is 1. The van der Waals surface area contributed by atoms with Crippen molar-refractivity contribution < 1.29 is 4.79 Å². The number of rotatable bonds is 3. The number of amides is 1. The molecular formula is C23H29N3O. The number of carbonyl (C=O) groups excluding carboxylic acids is 1. The number of fused-ring (bicyclic) bond motifs is 1. The molecule has 4 heteroatoms. The molecule has 1 saturated heterocycles. The normalized spacial score (nSPS) is 31.1. The third-order valence-electron chi connectivity index (χ3n) is 7.23. The molecule has 3 fully saturated rings. The Morgan fingerprint density at radius 2 is 1.85 bits per heavy atom. The molecule has 1 atom stereocenters. The van der Waals surface area contributed by atoms with Crippen molar-refractivity contribution in [3.05, 3.63) is 42.1 Å². The molecule has 2 aliphatic carbocycles. The Hall–Kier alpha value is -1.94. The van der Waals surface area contributed by atoms with E-state index in [2.05, 4.69) is 45.8 Å². The van der Waals surface area contributed by atoms with Crippen LogP contribution in [0.3, 0.4) is 0 Å². The molecule has 1 aromatic heterocycles. The standard InChI is InChI=1S/C23H29N3O/c27-22(25-26-14-4-1-5-15-26)20-16-23(20)11-8-17(9-12-23)18-10-13-24-21-7-3-2-6-19(18)21/h2-3,6-7,10,13,17,20H,1,4-5,8-9,11-12,14-16H2,(H,25,27)/t17?,20-,23?/m1/s1. The fraction of sp³-hybridized carbons (Fsp3) is 0.565. The number of hydrogen-bond donors (Lipinski definition) is 1. The van der Waals surface area contributed by atoms with E-state index in [1.165, 1.54) is 55.9 Å². The third-order valence-corrected chi connectivity index (χ3v) is 7.23. The van der Waals surface area contributed by atoms with Gasteiger partial charge >= 0.3 is 0 Å². The summed E-state index contributed by atoms with van der Waals surface area (Å²) in [6, 6.07) is 10.7. The first-order chi connectivity index (χ1) is 13.3. The summed E-state index contributed by atoms with van der Waals surface area (Å²) in [7, 11) is 0.